The van der Waals surface area contributed by atoms with Crippen molar-refractivity contribution in [2.45, 2.75) is 59.1 Å². The highest BCUT2D eigenvalue weighted by atomic mass is 16.5. The quantitative estimate of drug-likeness (QED) is 0.473. The van der Waals surface area contributed by atoms with E-state index in [1.165, 1.54) is 24.8 Å². The molecule has 6 heteroatoms. The summed E-state index contributed by atoms with van der Waals surface area (Å²) >= 11 is 0. The fraction of sp³-hybridized carbons (Fsp3) is 0.464. The van der Waals surface area contributed by atoms with Gasteiger partial charge >= 0.3 is 5.97 Å². The number of hydrogen-bond donors (Lipinski definition) is 1. The number of aliphatic hydroxyl groups excluding tert-OH is 1. The maximum absolute atomic E-state index is 12.9. The highest BCUT2D eigenvalue weighted by Gasteiger charge is 2.23. The summed E-state index contributed by atoms with van der Waals surface area (Å²) in [5.41, 5.74) is 4.46. The summed E-state index contributed by atoms with van der Waals surface area (Å²) in [6.45, 7) is 10.2. The number of likely N-dealkylation sites (tertiary alicyclic amines) is 1. The molecule has 34 heavy (non-hydrogen) atoms. The standard InChI is InChI=1S/C28H36N2O4/c1-5-33-28(32)27-21(4)30(22-11-9-19(2)10-12-22)26-14-13-24(16-25(26)27)34-18-23(31)17-29-15-7-6-8-20(29)3/h9-14,16,20,23,31H,5-8,15,17-18H2,1-4H3. The Hall–Kier alpha value is -2.83. The number of carbonyl (C=O) groups excluding carboxylic acids is 1. The second-order valence-electron chi connectivity index (χ2n) is 9.34. The third-order valence-corrected chi connectivity index (χ3v) is 6.78. The van der Waals surface area contributed by atoms with Crippen molar-refractivity contribution in [3.63, 3.8) is 0 Å². The largest absolute Gasteiger partial charge is 0.491 e. The van der Waals surface area contributed by atoms with Crippen LogP contribution >= 0.6 is 0 Å². The molecule has 1 N–H and O–H groups in total. The van der Waals surface area contributed by atoms with E-state index in [1.807, 2.05) is 32.0 Å². The zero-order valence-corrected chi connectivity index (χ0v) is 20.7. The van der Waals surface area contributed by atoms with Crippen LogP contribution in [0.15, 0.2) is 42.5 Å². The molecule has 0 radical (unpaired) electrons. The average Bonchev–Trinajstić information content (AvgIpc) is 3.11. The number of benzene rings is 2. The SMILES string of the molecule is CCOC(=O)c1c(C)n(-c2ccc(C)cc2)c2ccc(OCC(O)CN3CCCCC3C)cc12. The van der Waals surface area contributed by atoms with Crippen LogP contribution in [0.5, 0.6) is 5.75 Å². The van der Waals surface area contributed by atoms with Gasteiger partial charge in [-0.2, -0.15) is 0 Å². The van der Waals surface area contributed by atoms with Gasteiger partial charge < -0.3 is 19.1 Å². The van der Waals surface area contributed by atoms with Gasteiger partial charge in [-0.15, -0.1) is 0 Å². The molecule has 0 aliphatic carbocycles. The highest BCUT2D eigenvalue weighted by Crippen LogP contribution is 2.33. The van der Waals surface area contributed by atoms with E-state index < -0.39 is 6.10 Å². The van der Waals surface area contributed by atoms with Crippen molar-refractivity contribution >= 4 is 16.9 Å². The van der Waals surface area contributed by atoms with Crippen LogP contribution in [0.4, 0.5) is 0 Å². The first-order valence-electron chi connectivity index (χ1n) is 12.3. The minimum Gasteiger partial charge on any atom is -0.491 e. The molecule has 1 aliphatic heterocycles. The van der Waals surface area contributed by atoms with E-state index in [4.69, 9.17) is 9.47 Å². The molecular formula is C28H36N2O4. The van der Waals surface area contributed by atoms with Gasteiger partial charge in [-0.3, -0.25) is 4.90 Å². The van der Waals surface area contributed by atoms with Crippen molar-refractivity contribution in [1.82, 2.24) is 9.47 Å². The number of carbonyl (C=O) groups is 1. The minimum absolute atomic E-state index is 0.209. The summed E-state index contributed by atoms with van der Waals surface area (Å²) < 4.78 is 13.4. The van der Waals surface area contributed by atoms with Crippen molar-refractivity contribution in [1.29, 1.82) is 0 Å². The minimum atomic E-state index is -0.570. The summed E-state index contributed by atoms with van der Waals surface area (Å²) in [5, 5.41) is 11.4. The van der Waals surface area contributed by atoms with Gasteiger partial charge in [0.15, 0.2) is 0 Å². The zero-order chi connectivity index (χ0) is 24.2. The van der Waals surface area contributed by atoms with Crippen molar-refractivity contribution < 1.29 is 19.4 Å². The average molecular weight is 465 g/mol. The second-order valence-corrected chi connectivity index (χ2v) is 9.34. The third kappa shape index (κ3) is 5.13. The topological polar surface area (TPSA) is 63.9 Å². The van der Waals surface area contributed by atoms with Crippen LogP contribution in [0.1, 0.15) is 54.7 Å². The van der Waals surface area contributed by atoms with E-state index >= 15 is 0 Å². The Bertz CT molecular complexity index is 1140. The molecule has 2 atom stereocenters. The van der Waals surface area contributed by atoms with Crippen LogP contribution in [0.25, 0.3) is 16.6 Å². The number of fused-ring (bicyclic) bond motifs is 1. The summed E-state index contributed by atoms with van der Waals surface area (Å²) in [4.78, 5) is 15.2. The van der Waals surface area contributed by atoms with Crippen LogP contribution in [0.3, 0.4) is 0 Å². The monoisotopic (exact) mass is 464 g/mol. The highest BCUT2D eigenvalue weighted by molar-refractivity contribution is 6.07. The molecule has 4 rings (SSSR count). The first-order valence-corrected chi connectivity index (χ1v) is 12.3. The normalized spacial score (nSPS) is 17.6. The molecule has 0 amide bonds. The van der Waals surface area contributed by atoms with Crippen LogP contribution < -0.4 is 4.74 Å². The number of nitrogens with zero attached hydrogens (tertiary/aromatic N) is 2. The lowest BCUT2D eigenvalue weighted by Crippen LogP contribution is -2.43. The molecule has 1 aromatic heterocycles. The first-order chi connectivity index (χ1) is 16.4. The summed E-state index contributed by atoms with van der Waals surface area (Å²) in [6, 6.07) is 14.5. The van der Waals surface area contributed by atoms with Crippen LogP contribution in [0, 0.1) is 13.8 Å². The van der Waals surface area contributed by atoms with Crippen LogP contribution in [0.2, 0.25) is 0 Å². The lowest BCUT2D eigenvalue weighted by molar-refractivity contribution is 0.0438. The Morgan fingerprint density at radius 3 is 2.62 bits per heavy atom. The first kappa shape index (κ1) is 24.3. The van der Waals surface area contributed by atoms with Gasteiger partial charge in [0.05, 0.1) is 17.7 Å². The Labute approximate surface area is 202 Å². The fourth-order valence-corrected chi connectivity index (χ4v) is 4.92. The molecule has 182 valence electrons. The van der Waals surface area contributed by atoms with E-state index in [0.29, 0.717) is 30.5 Å². The number of piperidine rings is 1. The lowest BCUT2D eigenvalue weighted by Gasteiger charge is -2.34. The van der Waals surface area contributed by atoms with Gasteiger partial charge in [0, 0.05) is 29.4 Å². The van der Waals surface area contributed by atoms with Gasteiger partial charge in [-0.05, 0) is 77.4 Å². The van der Waals surface area contributed by atoms with Gasteiger partial charge in [0.25, 0.3) is 0 Å². The van der Waals surface area contributed by atoms with Gasteiger partial charge in [0.1, 0.15) is 18.5 Å². The summed E-state index contributed by atoms with van der Waals surface area (Å²) in [7, 11) is 0. The number of ether oxygens (including phenoxy) is 2. The predicted molar refractivity (Wildman–Crippen MR) is 135 cm³/mol. The molecule has 1 aliphatic rings. The molecule has 0 saturated carbocycles. The smallest absolute Gasteiger partial charge is 0.340 e. The summed E-state index contributed by atoms with van der Waals surface area (Å²) in [6.07, 6.45) is 3.05. The lowest BCUT2D eigenvalue weighted by atomic mass is 10.0. The maximum atomic E-state index is 12.9. The van der Waals surface area contributed by atoms with E-state index in [9.17, 15) is 9.90 Å². The van der Waals surface area contributed by atoms with Crippen molar-refractivity contribution in [3.8, 4) is 11.4 Å². The van der Waals surface area contributed by atoms with Crippen LogP contribution in [-0.2, 0) is 4.74 Å². The van der Waals surface area contributed by atoms with Gasteiger partial charge in [-0.1, -0.05) is 24.1 Å². The van der Waals surface area contributed by atoms with Crippen LogP contribution in [-0.4, -0.2) is 59.0 Å². The molecular weight excluding hydrogens is 428 g/mol. The number of aliphatic hydroxyl groups is 1. The summed E-state index contributed by atoms with van der Waals surface area (Å²) in [5.74, 6) is 0.289. The van der Waals surface area contributed by atoms with E-state index in [0.717, 1.165) is 28.8 Å². The second kappa shape index (κ2) is 10.6. The fourth-order valence-electron chi connectivity index (χ4n) is 4.92. The number of aromatic nitrogens is 1. The Kier molecular flexibility index (Phi) is 7.59. The zero-order valence-electron chi connectivity index (χ0n) is 20.7. The molecule has 2 aromatic carbocycles. The predicted octanol–water partition coefficient (Wildman–Crippen LogP) is 5.04. The molecule has 3 aromatic rings. The number of aryl methyl sites for hydroxylation is 1. The van der Waals surface area contributed by atoms with Crippen molar-refractivity contribution in [2.24, 2.45) is 0 Å². The van der Waals surface area contributed by atoms with Gasteiger partial charge in [0.2, 0.25) is 0 Å². The Morgan fingerprint density at radius 2 is 1.91 bits per heavy atom. The molecule has 0 bridgehead atoms. The van der Waals surface area contributed by atoms with E-state index in [-0.39, 0.29) is 12.6 Å². The molecule has 2 heterocycles. The van der Waals surface area contributed by atoms with Crippen molar-refractivity contribution in [2.75, 3.05) is 26.3 Å². The number of hydrogen-bond acceptors (Lipinski definition) is 5. The Morgan fingerprint density at radius 1 is 1.15 bits per heavy atom. The van der Waals surface area contributed by atoms with E-state index in [1.54, 1.807) is 0 Å². The van der Waals surface area contributed by atoms with Crippen molar-refractivity contribution in [3.05, 3.63) is 59.3 Å². The number of esters is 1. The third-order valence-electron chi connectivity index (χ3n) is 6.78. The van der Waals surface area contributed by atoms with Gasteiger partial charge in [-0.25, -0.2) is 4.79 Å². The molecule has 6 nitrogen and oxygen atoms in total. The molecule has 2 unspecified atom stereocenters. The Balaban J connectivity index is 1.60. The maximum Gasteiger partial charge on any atom is 0.340 e. The van der Waals surface area contributed by atoms with E-state index in [2.05, 4.69) is 47.6 Å². The molecule has 1 saturated heterocycles. The number of rotatable bonds is 8. The molecule has 0 spiro atoms. The number of β-amino-alcohol motifs (C(OH)–C–C–N with tert-alkyl or cyclic N) is 1. The molecule has 1 fully saturated rings.